The molecule has 31 heavy (non-hydrogen) atoms. The number of nitriles is 1. The van der Waals surface area contributed by atoms with Crippen LogP contribution < -0.4 is 14.8 Å². The van der Waals surface area contributed by atoms with Gasteiger partial charge in [0.05, 0.1) is 7.11 Å². The van der Waals surface area contributed by atoms with Crippen molar-refractivity contribution in [3.63, 3.8) is 0 Å². The number of nitrogens with zero attached hydrogens (tertiary/aromatic N) is 1. The number of nitrogens with one attached hydrogen (secondary N) is 1. The molecule has 0 radical (unpaired) electrons. The van der Waals surface area contributed by atoms with Crippen LogP contribution in [0, 0.1) is 18.3 Å². The monoisotopic (exact) mass is 476 g/mol. The molecule has 5 nitrogen and oxygen atoms in total. The van der Waals surface area contributed by atoms with Gasteiger partial charge in [0.1, 0.15) is 29.7 Å². The molecule has 156 valence electrons. The number of hydrogen-bond donors (Lipinski definition) is 1. The first-order chi connectivity index (χ1) is 15.0. The Morgan fingerprint density at radius 3 is 2.65 bits per heavy atom. The van der Waals surface area contributed by atoms with Gasteiger partial charge in [-0.3, -0.25) is 4.79 Å². The Morgan fingerprint density at radius 1 is 1.13 bits per heavy atom. The topological polar surface area (TPSA) is 71.3 Å². The number of hydrogen-bond acceptors (Lipinski definition) is 4. The van der Waals surface area contributed by atoms with Crippen LogP contribution in [0.2, 0.25) is 0 Å². The highest BCUT2D eigenvalue weighted by Crippen LogP contribution is 2.29. The van der Waals surface area contributed by atoms with E-state index in [4.69, 9.17) is 9.47 Å². The minimum Gasteiger partial charge on any atom is -0.497 e. The zero-order valence-electron chi connectivity index (χ0n) is 17.2. The van der Waals surface area contributed by atoms with Crippen molar-refractivity contribution in [3.05, 3.63) is 93.5 Å². The van der Waals surface area contributed by atoms with Crippen LogP contribution in [0.1, 0.15) is 16.7 Å². The van der Waals surface area contributed by atoms with E-state index in [0.29, 0.717) is 29.4 Å². The Bertz CT molecular complexity index is 1170. The van der Waals surface area contributed by atoms with Crippen molar-refractivity contribution in [2.75, 3.05) is 12.4 Å². The summed E-state index contributed by atoms with van der Waals surface area (Å²) < 4.78 is 12.2. The summed E-state index contributed by atoms with van der Waals surface area (Å²) in [6.07, 6.45) is 1.51. The summed E-state index contributed by atoms with van der Waals surface area (Å²) in [6.45, 7) is 2.25. The Morgan fingerprint density at radius 2 is 1.94 bits per heavy atom. The third-order valence-electron chi connectivity index (χ3n) is 4.50. The van der Waals surface area contributed by atoms with E-state index >= 15 is 0 Å². The van der Waals surface area contributed by atoms with Crippen LogP contribution in [-0.2, 0) is 11.4 Å². The van der Waals surface area contributed by atoms with Gasteiger partial charge in [-0.1, -0.05) is 46.3 Å². The summed E-state index contributed by atoms with van der Waals surface area (Å²) in [4.78, 5) is 12.6. The van der Waals surface area contributed by atoms with Gasteiger partial charge in [-0.2, -0.15) is 5.26 Å². The first-order valence-corrected chi connectivity index (χ1v) is 10.3. The number of halogens is 1. The Hall–Kier alpha value is -3.56. The summed E-state index contributed by atoms with van der Waals surface area (Å²) in [6, 6.07) is 22.4. The highest BCUT2D eigenvalue weighted by atomic mass is 79.9. The average molecular weight is 477 g/mol. The number of aryl methyl sites for hydroxylation is 1. The second-order valence-electron chi connectivity index (χ2n) is 6.78. The minimum absolute atomic E-state index is 0.0302. The summed E-state index contributed by atoms with van der Waals surface area (Å²) >= 11 is 3.51. The Balaban J connectivity index is 1.87. The second kappa shape index (κ2) is 10.5. The van der Waals surface area contributed by atoms with Crippen molar-refractivity contribution in [1.82, 2.24) is 0 Å². The van der Waals surface area contributed by atoms with Crippen molar-refractivity contribution in [2.24, 2.45) is 0 Å². The maximum absolute atomic E-state index is 12.6. The lowest BCUT2D eigenvalue weighted by Gasteiger charge is -2.12. The van der Waals surface area contributed by atoms with Crippen LogP contribution in [-0.4, -0.2) is 13.0 Å². The molecule has 0 fully saturated rings. The van der Waals surface area contributed by atoms with Crippen molar-refractivity contribution >= 4 is 33.6 Å². The Labute approximate surface area is 190 Å². The van der Waals surface area contributed by atoms with Crippen LogP contribution in [0.4, 0.5) is 5.69 Å². The predicted molar refractivity (Wildman–Crippen MR) is 125 cm³/mol. The van der Waals surface area contributed by atoms with E-state index in [9.17, 15) is 10.1 Å². The molecule has 0 unspecified atom stereocenters. The molecule has 0 bridgehead atoms. The summed E-state index contributed by atoms with van der Waals surface area (Å²) in [5, 5.41) is 12.3. The first-order valence-electron chi connectivity index (χ1n) is 9.54. The van der Waals surface area contributed by atoms with E-state index in [1.54, 1.807) is 31.4 Å². The van der Waals surface area contributed by atoms with Gasteiger partial charge in [0.2, 0.25) is 0 Å². The number of carbonyl (C=O) groups is 1. The Kier molecular flexibility index (Phi) is 7.47. The summed E-state index contributed by atoms with van der Waals surface area (Å²) in [5.41, 5.74) is 3.18. The molecule has 1 amide bonds. The molecule has 0 saturated heterocycles. The van der Waals surface area contributed by atoms with Crippen LogP contribution in [0.3, 0.4) is 0 Å². The number of carbonyl (C=O) groups excluding carboxylic acids is 1. The maximum atomic E-state index is 12.6. The fourth-order valence-corrected chi connectivity index (χ4v) is 3.28. The van der Waals surface area contributed by atoms with E-state index in [1.807, 2.05) is 55.5 Å². The molecule has 0 spiro atoms. The van der Waals surface area contributed by atoms with Crippen LogP contribution >= 0.6 is 15.9 Å². The zero-order valence-corrected chi connectivity index (χ0v) is 18.8. The van der Waals surface area contributed by atoms with Gasteiger partial charge in [-0.05, 0) is 48.9 Å². The molecular weight excluding hydrogens is 456 g/mol. The van der Waals surface area contributed by atoms with Crippen LogP contribution in [0.25, 0.3) is 6.08 Å². The molecular formula is C25H21BrN2O3. The number of amides is 1. The van der Waals surface area contributed by atoms with Gasteiger partial charge in [-0.25, -0.2) is 0 Å². The number of benzene rings is 3. The quantitative estimate of drug-likeness (QED) is 0.340. The molecule has 3 aromatic rings. The summed E-state index contributed by atoms with van der Waals surface area (Å²) in [7, 11) is 1.57. The highest BCUT2D eigenvalue weighted by molar-refractivity contribution is 9.10. The molecule has 0 aliphatic heterocycles. The smallest absolute Gasteiger partial charge is 0.266 e. The van der Waals surface area contributed by atoms with Gasteiger partial charge < -0.3 is 14.8 Å². The molecule has 6 heteroatoms. The number of ether oxygens (including phenoxy) is 2. The van der Waals surface area contributed by atoms with Crippen molar-refractivity contribution in [3.8, 4) is 17.6 Å². The molecule has 0 aromatic heterocycles. The van der Waals surface area contributed by atoms with Gasteiger partial charge in [-0.15, -0.1) is 0 Å². The van der Waals surface area contributed by atoms with E-state index in [1.165, 1.54) is 6.08 Å². The molecule has 0 heterocycles. The lowest BCUT2D eigenvalue weighted by molar-refractivity contribution is -0.112. The molecule has 0 saturated carbocycles. The second-order valence-corrected chi connectivity index (χ2v) is 7.63. The SMILES string of the molecule is COc1ccc(/C=C(\C#N)C(=O)Nc2cccc(C)c2)c(OCc2ccccc2Br)c1. The zero-order chi connectivity index (χ0) is 22.2. The lowest BCUT2D eigenvalue weighted by Crippen LogP contribution is -2.13. The van der Waals surface area contributed by atoms with Crippen molar-refractivity contribution in [2.45, 2.75) is 13.5 Å². The molecule has 3 rings (SSSR count). The molecule has 0 aliphatic rings. The first kappa shape index (κ1) is 22.1. The normalized spacial score (nSPS) is 10.8. The predicted octanol–water partition coefficient (Wildman–Crippen LogP) is 5.89. The van der Waals surface area contributed by atoms with Gasteiger partial charge >= 0.3 is 0 Å². The van der Waals surface area contributed by atoms with E-state index in [2.05, 4.69) is 21.2 Å². The summed E-state index contributed by atoms with van der Waals surface area (Å²) in [5.74, 6) is 0.633. The molecule has 3 aromatic carbocycles. The fourth-order valence-electron chi connectivity index (χ4n) is 2.88. The van der Waals surface area contributed by atoms with Gasteiger partial charge in [0, 0.05) is 27.4 Å². The van der Waals surface area contributed by atoms with E-state index in [-0.39, 0.29) is 5.57 Å². The fraction of sp³-hybridized carbons (Fsp3) is 0.120. The number of rotatable bonds is 7. The lowest BCUT2D eigenvalue weighted by atomic mass is 10.1. The van der Waals surface area contributed by atoms with E-state index < -0.39 is 5.91 Å². The van der Waals surface area contributed by atoms with Crippen LogP contribution in [0.5, 0.6) is 11.5 Å². The van der Waals surface area contributed by atoms with Crippen molar-refractivity contribution < 1.29 is 14.3 Å². The van der Waals surface area contributed by atoms with Crippen LogP contribution in [0.15, 0.2) is 76.8 Å². The van der Waals surface area contributed by atoms with Crippen molar-refractivity contribution in [1.29, 1.82) is 5.26 Å². The largest absolute Gasteiger partial charge is 0.497 e. The number of anilines is 1. The minimum atomic E-state index is -0.485. The number of methoxy groups -OCH3 is 1. The molecule has 1 N–H and O–H groups in total. The third kappa shape index (κ3) is 5.97. The molecule has 0 aliphatic carbocycles. The van der Waals surface area contributed by atoms with Gasteiger partial charge in [0.15, 0.2) is 0 Å². The molecule has 0 atom stereocenters. The highest BCUT2D eigenvalue weighted by Gasteiger charge is 2.13. The third-order valence-corrected chi connectivity index (χ3v) is 5.28. The standard InChI is InChI=1S/C25H21BrN2O3/c1-17-6-5-8-21(12-17)28-25(29)20(15-27)13-18-10-11-22(30-2)14-24(18)31-16-19-7-3-4-9-23(19)26/h3-14H,16H2,1-2H3,(H,28,29)/b20-13+. The van der Waals surface area contributed by atoms with Gasteiger partial charge in [0.25, 0.3) is 5.91 Å². The van der Waals surface area contributed by atoms with E-state index in [0.717, 1.165) is 15.6 Å². The average Bonchev–Trinajstić information content (AvgIpc) is 2.77. The maximum Gasteiger partial charge on any atom is 0.266 e.